The van der Waals surface area contributed by atoms with E-state index in [1.165, 1.54) is 0 Å². The van der Waals surface area contributed by atoms with Crippen LogP contribution in [0, 0.1) is 0 Å². The van der Waals surface area contributed by atoms with E-state index in [4.69, 9.17) is 4.74 Å². The first-order valence-corrected chi connectivity index (χ1v) is 8.22. The zero-order chi connectivity index (χ0) is 16.4. The van der Waals surface area contributed by atoms with Crippen molar-refractivity contribution < 1.29 is 4.74 Å². The monoisotopic (exact) mass is 377 g/mol. The maximum absolute atomic E-state index is 5.98. The summed E-state index contributed by atoms with van der Waals surface area (Å²) >= 11 is 3.48. The molecule has 4 aromatic rings. The number of hydrogen-bond donors (Lipinski definition) is 0. The Morgan fingerprint density at radius 1 is 0.708 bits per heavy atom. The van der Waals surface area contributed by atoms with Gasteiger partial charge in [-0.3, -0.25) is 0 Å². The lowest BCUT2D eigenvalue weighted by Crippen LogP contribution is -1.96. The molecule has 0 spiro atoms. The number of rotatable bonds is 3. The molecule has 4 rings (SSSR count). The van der Waals surface area contributed by atoms with Crippen LogP contribution in [0.5, 0.6) is 11.5 Å². The number of aromatic nitrogens is 3. The molecule has 5 heteroatoms. The zero-order valence-corrected chi connectivity index (χ0v) is 14.1. The number of para-hydroxylation sites is 1. The second kappa shape index (κ2) is 6.37. The molecule has 3 aromatic carbocycles. The van der Waals surface area contributed by atoms with Gasteiger partial charge in [0.25, 0.3) is 0 Å². The molecule has 0 saturated carbocycles. The van der Waals surface area contributed by atoms with Gasteiger partial charge in [-0.15, -0.1) is 10.2 Å². The van der Waals surface area contributed by atoms with E-state index in [-0.39, 0.29) is 0 Å². The molecule has 0 aliphatic heterocycles. The van der Waals surface area contributed by atoms with Crippen LogP contribution >= 0.6 is 15.9 Å². The molecule has 0 amide bonds. The first-order chi connectivity index (χ1) is 11.8. The van der Waals surface area contributed by atoms with Crippen LogP contribution in [0.3, 0.4) is 0 Å². The van der Waals surface area contributed by atoms with E-state index in [0.717, 1.165) is 21.3 Å². The molecule has 0 fully saturated rings. The van der Waals surface area contributed by atoms with Crippen molar-refractivity contribution in [2.75, 3.05) is 0 Å². The van der Waals surface area contributed by atoms with Crippen LogP contribution in [0.25, 0.3) is 22.4 Å². The van der Waals surface area contributed by atoms with Crippen molar-refractivity contribution in [2.45, 2.75) is 0 Å². The molecular formula is C19H12BrN3O. The van der Waals surface area contributed by atoms with Crippen molar-refractivity contribution in [1.82, 2.24) is 15.2 Å². The number of ether oxygens (including phenoxy) is 1. The minimum Gasteiger partial charge on any atom is -0.454 e. The first kappa shape index (κ1) is 14.8. The Morgan fingerprint density at radius 3 is 2.29 bits per heavy atom. The molecule has 0 aliphatic rings. The number of benzene rings is 3. The lowest BCUT2D eigenvalue weighted by Gasteiger charge is -2.09. The van der Waals surface area contributed by atoms with Crippen LogP contribution < -0.4 is 4.74 Å². The van der Waals surface area contributed by atoms with E-state index in [2.05, 4.69) is 31.1 Å². The molecular weight excluding hydrogens is 366 g/mol. The van der Waals surface area contributed by atoms with Crippen molar-refractivity contribution in [3.05, 3.63) is 77.3 Å². The highest BCUT2D eigenvalue weighted by atomic mass is 79.9. The van der Waals surface area contributed by atoms with Gasteiger partial charge in [-0.2, -0.15) is 0 Å². The van der Waals surface area contributed by atoms with Crippen molar-refractivity contribution in [3.63, 3.8) is 0 Å². The van der Waals surface area contributed by atoms with Crippen LogP contribution in [0.4, 0.5) is 0 Å². The molecule has 0 aliphatic carbocycles. The van der Waals surface area contributed by atoms with E-state index < -0.39 is 0 Å². The molecule has 116 valence electrons. The van der Waals surface area contributed by atoms with Crippen LogP contribution in [0.2, 0.25) is 0 Å². The van der Waals surface area contributed by atoms with Crippen molar-refractivity contribution in [2.24, 2.45) is 0 Å². The highest BCUT2D eigenvalue weighted by molar-refractivity contribution is 9.10. The van der Waals surface area contributed by atoms with Gasteiger partial charge in [0.15, 0.2) is 17.1 Å². The normalized spacial score (nSPS) is 10.7. The Balaban J connectivity index is 1.77. The molecule has 24 heavy (non-hydrogen) atoms. The molecule has 0 bridgehead atoms. The summed E-state index contributed by atoms with van der Waals surface area (Å²) in [4.78, 5) is 4.60. The Morgan fingerprint density at radius 2 is 1.46 bits per heavy atom. The van der Waals surface area contributed by atoms with Crippen LogP contribution in [-0.4, -0.2) is 15.2 Å². The lowest BCUT2D eigenvalue weighted by molar-refractivity contribution is 0.483. The molecule has 1 heterocycles. The van der Waals surface area contributed by atoms with E-state index in [9.17, 15) is 0 Å². The fourth-order valence-electron chi connectivity index (χ4n) is 2.37. The molecule has 0 saturated heterocycles. The summed E-state index contributed by atoms with van der Waals surface area (Å²) in [6, 6.07) is 23.1. The fraction of sp³-hybridized carbons (Fsp3) is 0. The first-order valence-electron chi connectivity index (χ1n) is 7.42. The summed E-state index contributed by atoms with van der Waals surface area (Å²) in [7, 11) is 0. The third kappa shape index (κ3) is 2.86. The maximum Gasteiger partial charge on any atom is 0.182 e. The molecule has 0 atom stereocenters. The van der Waals surface area contributed by atoms with Gasteiger partial charge >= 0.3 is 0 Å². The van der Waals surface area contributed by atoms with Crippen molar-refractivity contribution >= 4 is 27.0 Å². The average Bonchev–Trinajstić information content (AvgIpc) is 2.64. The minimum absolute atomic E-state index is 0.598. The van der Waals surface area contributed by atoms with Gasteiger partial charge in [0.05, 0.1) is 9.99 Å². The van der Waals surface area contributed by atoms with Crippen molar-refractivity contribution in [1.29, 1.82) is 0 Å². The van der Waals surface area contributed by atoms with Gasteiger partial charge in [-0.05, 0) is 40.2 Å². The molecule has 0 unspecified atom stereocenters. The molecule has 4 nitrogen and oxygen atoms in total. The highest BCUT2D eigenvalue weighted by Gasteiger charge is 2.10. The summed E-state index contributed by atoms with van der Waals surface area (Å²) in [5.74, 6) is 1.94. The predicted molar refractivity (Wildman–Crippen MR) is 97.0 cm³/mol. The topological polar surface area (TPSA) is 47.9 Å². The molecule has 0 N–H and O–H groups in total. The standard InChI is InChI=1S/C19H12BrN3O/c20-14-9-4-5-11-16(14)24-17-12-6-10-15-18(17)22-23-19(21-15)13-7-2-1-3-8-13/h1-12H. The average molecular weight is 378 g/mol. The van der Waals surface area contributed by atoms with Gasteiger partial charge in [-0.25, -0.2) is 4.98 Å². The Labute approximate surface area is 147 Å². The van der Waals surface area contributed by atoms with E-state index >= 15 is 0 Å². The highest BCUT2D eigenvalue weighted by Crippen LogP contribution is 2.32. The lowest BCUT2D eigenvalue weighted by atomic mass is 10.2. The number of nitrogens with zero attached hydrogens (tertiary/aromatic N) is 3. The fourth-order valence-corrected chi connectivity index (χ4v) is 2.74. The van der Waals surface area contributed by atoms with Gasteiger partial charge < -0.3 is 4.74 Å². The maximum atomic E-state index is 5.98. The number of halogens is 1. The largest absolute Gasteiger partial charge is 0.454 e. The van der Waals surface area contributed by atoms with Gasteiger partial charge in [0, 0.05) is 5.56 Å². The van der Waals surface area contributed by atoms with Gasteiger partial charge in [-0.1, -0.05) is 48.5 Å². The second-order valence-corrected chi connectivity index (χ2v) is 6.01. The van der Waals surface area contributed by atoms with E-state index in [1.807, 2.05) is 72.8 Å². The number of fused-ring (bicyclic) bond motifs is 1. The Kier molecular flexibility index (Phi) is 3.92. The van der Waals surface area contributed by atoms with Crippen LogP contribution in [0.15, 0.2) is 77.3 Å². The Bertz CT molecular complexity index is 1010. The third-order valence-electron chi connectivity index (χ3n) is 3.54. The predicted octanol–water partition coefficient (Wildman–Crippen LogP) is 5.25. The quantitative estimate of drug-likeness (QED) is 0.489. The van der Waals surface area contributed by atoms with Crippen LogP contribution in [0.1, 0.15) is 0 Å². The van der Waals surface area contributed by atoms with Gasteiger partial charge in [0.1, 0.15) is 5.75 Å². The van der Waals surface area contributed by atoms with E-state index in [1.54, 1.807) is 0 Å². The summed E-state index contributed by atoms with van der Waals surface area (Å²) in [5, 5.41) is 8.58. The van der Waals surface area contributed by atoms with Crippen molar-refractivity contribution in [3.8, 4) is 22.9 Å². The zero-order valence-electron chi connectivity index (χ0n) is 12.6. The summed E-state index contributed by atoms with van der Waals surface area (Å²) in [6.45, 7) is 0. The smallest absolute Gasteiger partial charge is 0.182 e. The minimum atomic E-state index is 0.598. The van der Waals surface area contributed by atoms with Gasteiger partial charge in [0.2, 0.25) is 0 Å². The summed E-state index contributed by atoms with van der Waals surface area (Å²) < 4.78 is 6.86. The SMILES string of the molecule is Brc1ccccc1Oc1cccc2nc(-c3ccccc3)nnc12. The summed E-state index contributed by atoms with van der Waals surface area (Å²) in [6.07, 6.45) is 0. The molecule has 0 radical (unpaired) electrons. The number of hydrogen-bond acceptors (Lipinski definition) is 4. The molecule has 1 aromatic heterocycles. The third-order valence-corrected chi connectivity index (χ3v) is 4.19. The summed E-state index contributed by atoms with van der Waals surface area (Å²) in [5.41, 5.74) is 2.31. The Hall–Kier alpha value is -2.79. The second-order valence-electron chi connectivity index (χ2n) is 5.16. The van der Waals surface area contributed by atoms with E-state index in [0.29, 0.717) is 17.1 Å². The van der Waals surface area contributed by atoms with Crippen LogP contribution in [-0.2, 0) is 0 Å².